The van der Waals surface area contributed by atoms with Crippen LogP contribution in [0.3, 0.4) is 0 Å². The summed E-state index contributed by atoms with van der Waals surface area (Å²) < 4.78 is 55.1. The van der Waals surface area contributed by atoms with Crippen molar-refractivity contribution < 1.29 is 22.0 Å². The minimum Gasteiger partial charge on any atom is -0.298 e. The second-order valence-electron chi connectivity index (χ2n) is 7.95. The molecule has 0 atom stereocenters. The fraction of sp³-hybridized carbons (Fsp3) is 0.120. The molecule has 4 aromatic rings. The highest BCUT2D eigenvalue weighted by atomic mass is 32.2. The zero-order chi connectivity index (χ0) is 24.6. The molecular weight excluding hydrogens is 492 g/mol. The van der Waals surface area contributed by atoms with Gasteiger partial charge in [0, 0.05) is 29.1 Å². The number of hydrogen-bond acceptors (Lipinski definition) is 5. The van der Waals surface area contributed by atoms with E-state index in [9.17, 15) is 22.0 Å². The Hall–Kier alpha value is -3.63. The van der Waals surface area contributed by atoms with Crippen LogP contribution in [0.5, 0.6) is 0 Å². The van der Waals surface area contributed by atoms with Crippen molar-refractivity contribution in [1.29, 1.82) is 0 Å². The van der Waals surface area contributed by atoms with Crippen molar-refractivity contribution in [3.63, 3.8) is 0 Å². The Morgan fingerprint density at radius 3 is 2.57 bits per heavy atom. The molecule has 1 aromatic heterocycles. The van der Waals surface area contributed by atoms with E-state index in [2.05, 4.69) is 10.3 Å². The molecule has 0 aliphatic carbocycles. The smallest absolute Gasteiger partial charge is 0.264 e. The standard InChI is InChI=1S/C25H19F2N3O3S2/c26-18-9-12-20(21(27)14-18)22-15-34-25(28-22)29-24(31)17-7-10-19(11-8-17)35(32,33)30-13-3-5-16-4-1-2-6-23(16)30/h1-2,4,6-12,14-15H,3,5,13H2,(H,28,29,31). The number of aryl methyl sites for hydroxylation is 1. The van der Waals surface area contributed by atoms with Gasteiger partial charge >= 0.3 is 0 Å². The van der Waals surface area contributed by atoms with Crippen molar-refractivity contribution in [1.82, 2.24) is 4.98 Å². The molecule has 0 spiro atoms. The van der Waals surface area contributed by atoms with Crippen molar-refractivity contribution >= 4 is 38.1 Å². The first kappa shape index (κ1) is 23.1. The molecule has 1 amide bonds. The number of anilines is 2. The van der Waals surface area contributed by atoms with Crippen LogP contribution in [0.15, 0.2) is 77.0 Å². The monoisotopic (exact) mass is 511 g/mol. The summed E-state index contributed by atoms with van der Waals surface area (Å²) in [6, 6.07) is 16.3. The number of carbonyl (C=O) groups excluding carboxylic acids is 1. The maximum Gasteiger partial charge on any atom is 0.264 e. The second-order valence-corrected chi connectivity index (χ2v) is 10.7. The Morgan fingerprint density at radius 2 is 1.80 bits per heavy atom. The molecule has 3 aromatic carbocycles. The lowest BCUT2D eigenvalue weighted by Gasteiger charge is -2.30. The van der Waals surface area contributed by atoms with Crippen LogP contribution in [0, 0.1) is 11.6 Å². The van der Waals surface area contributed by atoms with E-state index in [1.807, 2.05) is 18.2 Å². The molecule has 1 N–H and O–H groups in total. The Kier molecular flexibility index (Phi) is 6.08. The highest BCUT2D eigenvalue weighted by Crippen LogP contribution is 2.32. The van der Waals surface area contributed by atoms with Gasteiger partial charge in [-0.25, -0.2) is 22.2 Å². The topological polar surface area (TPSA) is 79.4 Å². The highest BCUT2D eigenvalue weighted by Gasteiger charge is 2.29. The van der Waals surface area contributed by atoms with Crippen LogP contribution in [0.1, 0.15) is 22.3 Å². The Balaban J connectivity index is 1.32. The molecule has 0 saturated heterocycles. The molecule has 6 nitrogen and oxygen atoms in total. The van der Waals surface area contributed by atoms with E-state index in [1.165, 1.54) is 34.6 Å². The molecule has 5 rings (SSSR count). The normalized spacial score (nSPS) is 13.4. The predicted octanol–water partition coefficient (Wildman–Crippen LogP) is 5.48. The number of halogens is 2. The van der Waals surface area contributed by atoms with Gasteiger partial charge in [0.2, 0.25) is 0 Å². The van der Waals surface area contributed by atoms with Gasteiger partial charge in [-0.05, 0) is 60.9 Å². The van der Waals surface area contributed by atoms with Crippen LogP contribution < -0.4 is 9.62 Å². The van der Waals surface area contributed by atoms with Gasteiger partial charge in [-0.2, -0.15) is 0 Å². The minimum absolute atomic E-state index is 0.0917. The summed E-state index contributed by atoms with van der Waals surface area (Å²) >= 11 is 1.09. The zero-order valence-electron chi connectivity index (χ0n) is 18.2. The molecular formula is C25H19F2N3O3S2. The van der Waals surface area contributed by atoms with E-state index in [4.69, 9.17) is 0 Å². The third-order valence-corrected chi connectivity index (χ3v) is 8.29. The molecule has 1 aliphatic rings. The van der Waals surface area contributed by atoms with Gasteiger partial charge in [-0.3, -0.25) is 14.4 Å². The summed E-state index contributed by atoms with van der Waals surface area (Å²) in [6.07, 6.45) is 1.56. The van der Waals surface area contributed by atoms with Crippen LogP contribution in [-0.2, 0) is 16.4 Å². The van der Waals surface area contributed by atoms with Gasteiger partial charge in [0.05, 0.1) is 16.3 Å². The van der Waals surface area contributed by atoms with Gasteiger partial charge in [-0.15, -0.1) is 11.3 Å². The molecule has 0 saturated carbocycles. The summed E-state index contributed by atoms with van der Waals surface area (Å²) in [5.74, 6) is -1.93. The number of rotatable bonds is 5. The number of fused-ring (bicyclic) bond motifs is 1. The fourth-order valence-corrected chi connectivity index (χ4v) is 6.22. The van der Waals surface area contributed by atoms with Crippen molar-refractivity contribution in [2.75, 3.05) is 16.2 Å². The maximum absolute atomic E-state index is 14.0. The van der Waals surface area contributed by atoms with E-state index < -0.39 is 27.6 Å². The van der Waals surface area contributed by atoms with Crippen molar-refractivity contribution in [2.24, 2.45) is 0 Å². The number of carbonyl (C=O) groups is 1. The summed E-state index contributed by atoms with van der Waals surface area (Å²) in [6.45, 7) is 0.391. The highest BCUT2D eigenvalue weighted by molar-refractivity contribution is 7.92. The number of sulfonamides is 1. The van der Waals surface area contributed by atoms with Crippen LogP contribution in [0.2, 0.25) is 0 Å². The quantitative estimate of drug-likeness (QED) is 0.385. The average molecular weight is 512 g/mol. The minimum atomic E-state index is -3.78. The molecule has 10 heteroatoms. The molecule has 0 radical (unpaired) electrons. The van der Waals surface area contributed by atoms with Crippen LogP contribution in [0.4, 0.5) is 19.6 Å². The van der Waals surface area contributed by atoms with Crippen LogP contribution in [-0.4, -0.2) is 25.9 Å². The molecule has 0 bridgehead atoms. The number of hydrogen-bond donors (Lipinski definition) is 1. The first-order valence-corrected chi connectivity index (χ1v) is 13.1. The lowest BCUT2D eigenvalue weighted by atomic mass is 10.0. The zero-order valence-corrected chi connectivity index (χ0v) is 19.9. The number of amides is 1. The van der Waals surface area contributed by atoms with Crippen molar-refractivity contribution in [3.05, 3.63) is 94.9 Å². The first-order valence-electron chi connectivity index (χ1n) is 10.8. The van der Waals surface area contributed by atoms with Crippen LogP contribution in [0.25, 0.3) is 11.3 Å². The summed E-state index contributed by atoms with van der Waals surface area (Å²) in [4.78, 5) is 17.0. The third-order valence-electron chi connectivity index (χ3n) is 5.70. The average Bonchev–Trinajstić information content (AvgIpc) is 3.31. The molecule has 2 heterocycles. The Bertz CT molecular complexity index is 1520. The second kappa shape index (κ2) is 9.20. The number of para-hydroxylation sites is 1. The van der Waals surface area contributed by atoms with E-state index in [1.54, 1.807) is 11.4 Å². The number of nitrogens with one attached hydrogen (secondary N) is 1. The van der Waals surface area contributed by atoms with Gasteiger partial charge < -0.3 is 0 Å². The lowest BCUT2D eigenvalue weighted by molar-refractivity contribution is 0.102. The molecule has 0 unspecified atom stereocenters. The maximum atomic E-state index is 14.0. The Morgan fingerprint density at radius 1 is 1.03 bits per heavy atom. The summed E-state index contributed by atoms with van der Waals surface area (Å²) in [7, 11) is -3.78. The van der Waals surface area contributed by atoms with Gasteiger partial charge in [0.25, 0.3) is 15.9 Å². The van der Waals surface area contributed by atoms with E-state index in [0.29, 0.717) is 12.2 Å². The third kappa shape index (κ3) is 4.54. The SMILES string of the molecule is O=C(Nc1nc(-c2ccc(F)cc2F)cs1)c1ccc(S(=O)(=O)N2CCCc3ccccc32)cc1. The number of benzene rings is 3. The molecule has 35 heavy (non-hydrogen) atoms. The number of thiazole rings is 1. The Labute approximate surface area is 204 Å². The van der Waals surface area contributed by atoms with E-state index in [0.717, 1.165) is 41.9 Å². The number of nitrogens with zero attached hydrogens (tertiary/aromatic N) is 2. The fourth-order valence-electron chi connectivity index (χ4n) is 3.98. The summed E-state index contributed by atoms with van der Waals surface area (Å²) in [5, 5.41) is 4.41. The van der Waals surface area contributed by atoms with Gasteiger partial charge in [-0.1, -0.05) is 18.2 Å². The summed E-state index contributed by atoms with van der Waals surface area (Å²) in [5.41, 5.74) is 2.30. The van der Waals surface area contributed by atoms with E-state index >= 15 is 0 Å². The molecule has 178 valence electrons. The van der Waals surface area contributed by atoms with E-state index in [-0.39, 0.29) is 26.8 Å². The first-order chi connectivity index (χ1) is 16.8. The van der Waals surface area contributed by atoms with Crippen LogP contribution >= 0.6 is 11.3 Å². The van der Waals surface area contributed by atoms with Gasteiger partial charge in [0.15, 0.2) is 5.13 Å². The largest absolute Gasteiger partial charge is 0.298 e. The van der Waals surface area contributed by atoms with Gasteiger partial charge in [0.1, 0.15) is 11.6 Å². The van der Waals surface area contributed by atoms with Crippen molar-refractivity contribution in [3.8, 4) is 11.3 Å². The molecule has 1 aliphatic heterocycles. The predicted molar refractivity (Wildman–Crippen MR) is 131 cm³/mol. The molecule has 0 fully saturated rings. The lowest BCUT2D eigenvalue weighted by Crippen LogP contribution is -2.35. The van der Waals surface area contributed by atoms with Crippen molar-refractivity contribution in [2.45, 2.75) is 17.7 Å². The number of aromatic nitrogens is 1.